The van der Waals surface area contributed by atoms with Crippen LogP contribution in [0, 0.1) is 0 Å². The quantitative estimate of drug-likeness (QED) is 0.473. The third kappa shape index (κ3) is 4.36. The summed E-state index contributed by atoms with van der Waals surface area (Å²) >= 11 is 0. The van der Waals surface area contributed by atoms with E-state index in [1.54, 1.807) is 12.3 Å². The Bertz CT molecular complexity index is 264. The molecule has 70 valence electrons. The fraction of sp³-hybridized carbons (Fsp3) is 0.222. The second-order valence-electron chi connectivity index (χ2n) is 2.26. The molecule has 0 spiro atoms. The molecule has 1 atom stereocenters. The van der Waals surface area contributed by atoms with Crippen molar-refractivity contribution in [3.8, 4) is 0 Å². The minimum atomic E-state index is -0.461. The molecule has 1 aromatic rings. The Morgan fingerprint density at radius 2 is 2.38 bits per heavy atom. The fourth-order valence-electron chi connectivity index (χ4n) is 0.692. The van der Waals surface area contributed by atoms with Gasteiger partial charge in [-0.05, 0) is 35.9 Å². The van der Waals surface area contributed by atoms with E-state index in [2.05, 4.69) is 4.98 Å². The minimum absolute atomic E-state index is 0.461. The number of rotatable bonds is 4. The van der Waals surface area contributed by atoms with Crippen LogP contribution in [0.25, 0.3) is 0 Å². The van der Waals surface area contributed by atoms with E-state index in [1.807, 2.05) is 31.2 Å². The van der Waals surface area contributed by atoms with E-state index in [1.165, 1.54) is 21.6 Å². The predicted octanol–water partition coefficient (Wildman–Crippen LogP) is 2.72. The highest BCUT2D eigenvalue weighted by molar-refractivity contribution is 8.76. The van der Waals surface area contributed by atoms with Gasteiger partial charge >= 0.3 is 0 Å². The first-order chi connectivity index (χ1) is 6.33. The molecule has 0 fully saturated rings. The molecule has 4 heteroatoms. The van der Waals surface area contributed by atoms with Crippen molar-refractivity contribution >= 4 is 21.6 Å². The van der Waals surface area contributed by atoms with Gasteiger partial charge in [0.15, 0.2) is 0 Å². The molecule has 1 N–H and O–H groups in total. The van der Waals surface area contributed by atoms with Crippen LogP contribution in [-0.2, 0) is 0 Å². The zero-order valence-electron chi connectivity index (χ0n) is 7.25. The Hall–Kier alpha value is -0.450. The maximum atomic E-state index is 9.34. The van der Waals surface area contributed by atoms with Crippen molar-refractivity contribution in [2.24, 2.45) is 0 Å². The van der Waals surface area contributed by atoms with E-state index < -0.39 is 5.44 Å². The molecular weight excluding hydrogens is 202 g/mol. The number of aliphatic hydroxyl groups is 1. The second kappa shape index (κ2) is 6.07. The van der Waals surface area contributed by atoms with E-state index in [0.29, 0.717) is 0 Å². The molecule has 0 aromatic carbocycles. The van der Waals surface area contributed by atoms with Crippen LogP contribution in [0.15, 0.2) is 41.6 Å². The molecule has 2 nitrogen and oxygen atoms in total. The van der Waals surface area contributed by atoms with Gasteiger partial charge in [0, 0.05) is 6.20 Å². The minimum Gasteiger partial charge on any atom is -0.378 e. The molecule has 1 aromatic heterocycles. The van der Waals surface area contributed by atoms with Crippen LogP contribution >= 0.6 is 21.6 Å². The van der Waals surface area contributed by atoms with Crippen molar-refractivity contribution in [1.29, 1.82) is 0 Å². The van der Waals surface area contributed by atoms with Crippen LogP contribution < -0.4 is 0 Å². The van der Waals surface area contributed by atoms with Crippen molar-refractivity contribution < 1.29 is 5.11 Å². The van der Waals surface area contributed by atoms with Crippen molar-refractivity contribution in [2.75, 3.05) is 0 Å². The van der Waals surface area contributed by atoms with Gasteiger partial charge < -0.3 is 5.11 Å². The lowest BCUT2D eigenvalue weighted by Crippen LogP contribution is -1.91. The fourth-order valence-corrected chi connectivity index (χ4v) is 2.43. The number of aromatic nitrogens is 1. The number of aliphatic hydroxyl groups excluding tert-OH is 1. The molecule has 0 aliphatic rings. The van der Waals surface area contributed by atoms with Crippen molar-refractivity contribution in [3.63, 3.8) is 0 Å². The lowest BCUT2D eigenvalue weighted by Gasteiger charge is -2.02. The molecule has 1 rings (SSSR count). The molecule has 0 bridgehead atoms. The van der Waals surface area contributed by atoms with Crippen LogP contribution in [0.4, 0.5) is 0 Å². The molecule has 0 amide bonds. The topological polar surface area (TPSA) is 33.1 Å². The monoisotopic (exact) mass is 213 g/mol. The van der Waals surface area contributed by atoms with Gasteiger partial charge in [-0.2, -0.15) is 0 Å². The number of pyridine rings is 1. The van der Waals surface area contributed by atoms with Gasteiger partial charge in [0.2, 0.25) is 0 Å². The third-order valence-corrected chi connectivity index (χ3v) is 3.48. The summed E-state index contributed by atoms with van der Waals surface area (Å²) in [5.41, 5.74) is -0.461. The zero-order chi connectivity index (χ0) is 9.52. The van der Waals surface area contributed by atoms with Crippen LogP contribution in [0.2, 0.25) is 0 Å². The van der Waals surface area contributed by atoms with E-state index in [9.17, 15) is 5.11 Å². The van der Waals surface area contributed by atoms with Gasteiger partial charge in [-0.3, -0.25) is 0 Å². The summed E-state index contributed by atoms with van der Waals surface area (Å²) in [7, 11) is 2.85. The summed E-state index contributed by atoms with van der Waals surface area (Å²) in [5, 5.41) is 10.3. The van der Waals surface area contributed by atoms with E-state index >= 15 is 0 Å². The molecule has 0 radical (unpaired) electrons. The van der Waals surface area contributed by atoms with Crippen molar-refractivity contribution in [2.45, 2.75) is 17.4 Å². The van der Waals surface area contributed by atoms with Crippen molar-refractivity contribution in [3.05, 3.63) is 36.5 Å². The number of nitrogens with zero attached hydrogens (tertiary/aromatic N) is 1. The zero-order valence-corrected chi connectivity index (χ0v) is 8.89. The molecular formula is C9H11NOS2. The second-order valence-corrected chi connectivity index (χ2v) is 4.60. The lowest BCUT2D eigenvalue weighted by atomic mass is 10.5. The van der Waals surface area contributed by atoms with Gasteiger partial charge in [-0.1, -0.05) is 22.9 Å². The third-order valence-electron chi connectivity index (χ3n) is 1.23. The maximum absolute atomic E-state index is 9.34. The summed E-state index contributed by atoms with van der Waals surface area (Å²) in [5.74, 6) is 0. The van der Waals surface area contributed by atoms with E-state index in [0.717, 1.165) is 5.03 Å². The number of allylic oxidation sites excluding steroid dienone is 1. The van der Waals surface area contributed by atoms with Crippen molar-refractivity contribution in [1.82, 2.24) is 4.98 Å². The summed E-state index contributed by atoms with van der Waals surface area (Å²) in [6, 6.07) is 5.72. The van der Waals surface area contributed by atoms with Crippen LogP contribution in [0.5, 0.6) is 0 Å². The Morgan fingerprint density at radius 1 is 1.54 bits per heavy atom. The summed E-state index contributed by atoms with van der Waals surface area (Å²) < 4.78 is 0. The van der Waals surface area contributed by atoms with Gasteiger partial charge in [-0.15, -0.1) is 0 Å². The maximum Gasteiger partial charge on any atom is 0.128 e. The molecule has 0 saturated carbocycles. The Labute approximate surface area is 85.9 Å². The highest BCUT2D eigenvalue weighted by atomic mass is 33.1. The SMILES string of the molecule is CC=CC(O)SSc1ccccn1. The number of hydrogen-bond acceptors (Lipinski definition) is 4. The first kappa shape index (κ1) is 10.6. The smallest absolute Gasteiger partial charge is 0.128 e. The Balaban J connectivity index is 2.35. The highest BCUT2D eigenvalue weighted by Gasteiger charge is 2.00. The summed E-state index contributed by atoms with van der Waals surface area (Å²) in [4.78, 5) is 4.12. The lowest BCUT2D eigenvalue weighted by molar-refractivity contribution is 0.311. The molecule has 0 saturated heterocycles. The first-order valence-corrected chi connectivity index (χ1v) is 6.09. The molecule has 1 unspecified atom stereocenters. The Morgan fingerprint density at radius 3 is 3.00 bits per heavy atom. The summed E-state index contributed by atoms with van der Waals surface area (Å²) in [6.07, 6.45) is 5.31. The van der Waals surface area contributed by atoms with Crippen LogP contribution in [-0.4, -0.2) is 15.5 Å². The van der Waals surface area contributed by atoms with Crippen LogP contribution in [0.1, 0.15) is 6.92 Å². The Kier molecular flexibility index (Phi) is 4.97. The summed E-state index contributed by atoms with van der Waals surface area (Å²) in [6.45, 7) is 1.88. The number of hydrogen-bond donors (Lipinski definition) is 1. The molecule has 13 heavy (non-hydrogen) atoms. The largest absolute Gasteiger partial charge is 0.378 e. The first-order valence-electron chi connectivity index (χ1n) is 3.88. The van der Waals surface area contributed by atoms with Gasteiger partial charge in [0.1, 0.15) is 10.5 Å². The van der Waals surface area contributed by atoms with Gasteiger partial charge in [0.05, 0.1) is 0 Å². The standard InChI is InChI=1S/C9H11NOS2/c1-2-5-9(11)13-12-8-6-3-4-7-10-8/h2-7,9,11H,1H3. The molecule has 0 aliphatic heterocycles. The van der Waals surface area contributed by atoms with E-state index in [4.69, 9.17) is 0 Å². The molecule has 0 aliphatic carbocycles. The predicted molar refractivity (Wildman–Crippen MR) is 58.5 cm³/mol. The van der Waals surface area contributed by atoms with E-state index in [-0.39, 0.29) is 0 Å². The van der Waals surface area contributed by atoms with Crippen LogP contribution in [0.3, 0.4) is 0 Å². The molecule has 1 heterocycles. The van der Waals surface area contributed by atoms with Gasteiger partial charge in [-0.25, -0.2) is 4.98 Å². The highest BCUT2D eigenvalue weighted by Crippen LogP contribution is 2.32. The normalized spacial score (nSPS) is 13.4. The average Bonchev–Trinajstić information content (AvgIpc) is 2.17. The average molecular weight is 213 g/mol. The van der Waals surface area contributed by atoms with Gasteiger partial charge in [0.25, 0.3) is 0 Å².